The van der Waals surface area contributed by atoms with Crippen LogP contribution in [-0.4, -0.2) is 34.2 Å². The van der Waals surface area contributed by atoms with E-state index >= 15 is 0 Å². The Hall–Kier alpha value is -2.67. The topological polar surface area (TPSA) is 67.4 Å². The SMILES string of the molecule is O=C(NN1CCCCC1)Oc1cnc(-c2ccccc2Cl)c(-c2ccccc2Cl)n1. The molecule has 1 amide bonds. The summed E-state index contributed by atoms with van der Waals surface area (Å²) in [5.41, 5.74) is 5.17. The highest BCUT2D eigenvalue weighted by Crippen LogP contribution is 2.36. The summed E-state index contributed by atoms with van der Waals surface area (Å²) in [5, 5.41) is 2.90. The molecule has 0 bridgehead atoms. The van der Waals surface area contributed by atoms with E-state index in [-0.39, 0.29) is 5.88 Å². The molecule has 2 aromatic carbocycles. The summed E-state index contributed by atoms with van der Waals surface area (Å²) in [6.07, 6.45) is 4.08. The van der Waals surface area contributed by atoms with Gasteiger partial charge < -0.3 is 4.74 Å². The number of halogens is 2. The van der Waals surface area contributed by atoms with Gasteiger partial charge >= 0.3 is 6.09 Å². The predicted octanol–water partition coefficient (Wildman–Crippen LogP) is 5.61. The zero-order valence-electron chi connectivity index (χ0n) is 16.1. The zero-order valence-corrected chi connectivity index (χ0v) is 17.7. The zero-order chi connectivity index (χ0) is 20.9. The first-order valence-electron chi connectivity index (χ1n) is 9.72. The lowest BCUT2D eigenvalue weighted by Gasteiger charge is -2.26. The van der Waals surface area contributed by atoms with Crippen molar-refractivity contribution in [1.29, 1.82) is 0 Å². The lowest BCUT2D eigenvalue weighted by Crippen LogP contribution is -2.46. The predicted molar refractivity (Wildman–Crippen MR) is 118 cm³/mol. The fraction of sp³-hybridized carbons (Fsp3) is 0.227. The van der Waals surface area contributed by atoms with Gasteiger partial charge in [-0.25, -0.2) is 19.8 Å². The maximum absolute atomic E-state index is 12.3. The molecule has 1 aliphatic rings. The third-order valence-corrected chi connectivity index (χ3v) is 5.47. The van der Waals surface area contributed by atoms with E-state index in [1.165, 1.54) is 12.6 Å². The van der Waals surface area contributed by atoms with Crippen LogP contribution < -0.4 is 10.2 Å². The Morgan fingerprint density at radius 2 is 1.50 bits per heavy atom. The fourth-order valence-corrected chi connectivity index (χ4v) is 3.82. The lowest BCUT2D eigenvalue weighted by molar-refractivity contribution is 0.128. The Morgan fingerprint density at radius 3 is 2.13 bits per heavy atom. The number of piperidine rings is 1. The number of nitrogens with zero attached hydrogens (tertiary/aromatic N) is 3. The number of nitrogens with one attached hydrogen (secondary N) is 1. The van der Waals surface area contributed by atoms with Crippen LogP contribution in [0.25, 0.3) is 22.5 Å². The molecule has 0 aliphatic carbocycles. The third kappa shape index (κ3) is 4.73. The Kier molecular flexibility index (Phi) is 6.47. The maximum atomic E-state index is 12.3. The van der Waals surface area contributed by atoms with Gasteiger partial charge in [0.25, 0.3) is 0 Å². The van der Waals surface area contributed by atoms with Crippen molar-refractivity contribution < 1.29 is 9.53 Å². The van der Waals surface area contributed by atoms with Crippen molar-refractivity contribution in [2.24, 2.45) is 0 Å². The number of amides is 1. The Balaban J connectivity index is 1.67. The minimum Gasteiger partial charge on any atom is -0.389 e. The molecule has 1 aliphatic heterocycles. The van der Waals surface area contributed by atoms with Crippen molar-refractivity contribution in [2.45, 2.75) is 19.3 Å². The second-order valence-electron chi connectivity index (χ2n) is 6.91. The molecule has 4 rings (SSSR count). The van der Waals surface area contributed by atoms with E-state index in [9.17, 15) is 4.79 Å². The standard InChI is InChI=1S/C22H20Cl2N4O2/c23-17-10-4-2-8-15(17)20-21(16-9-3-5-11-18(16)24)26-19(14-25-20)30-22(29)27-28-12-6-1-7-13-28/h2-5,8-11,14H,1,6-7,12-13H2,(H,27,29). The molecule has 0 unspecified atom stereocenters. The molecule has 1 fully saturated rings. The van der Waals surface area contributed by atoms with E-state index in [4.69, 9.17) is 27.9 Å². The van der Waals surface area contributed by atoms with Crippen LogP contribution >= 0.6 is 23.2 Å². The van der Waals surface area contributed by atoms with Crippen LogP contribution in [0.2, 0.25) is 10.0 Å². The summed E-state index contributed by atoms with van der Waals surface area (Å²) in [7, 11) is 0. The van der Waals surface area contributed by atoms with Crippen molar-refractivity contribution in [3.63, 3.8) is 0 Å². The monoisotopic (exact) mass is 442 g/mol. The van der Waals surface area contributed by atoms with Gasteiger partial charge in [0.05, 0.1) is 21.9 Å². The van der Waals surface area contributed by atoms with E-state index in [1.807, 2.05) is 41.4 Å². The number of carbonyl (C=O) groups excluding carboxylic acids is 1. The molecule has 6 nitrogen and oxygen atoms in total. The van der Waals surface area contributed by atoms with Gasteiger partial charge in [0, 0.05) is 24.2 Å². The molecule has 30 heavy (non-hydrogen) atoms. The van der Waals surface area contributed by atoms with E-state index in [2.05, 4.69) is 15.4 Å². The van der Waals surface area contributed by atoms with Crippen molar-refractivity contribution in [1.82, 2.24) is 20.4 Å². The molecule has 1 aromatic heterocycles. The van der Waals surface area contributed by atoms with Crippen LogP contribution in [0.5, 0.6) is 5.88 Å². The minimum atomic E-state index is -0.596. The maximum Gasteiger partial charge on any atom is 0.428 e. The quantitative estimate of drug-likeness (QED) is 0.568. The van der Waals surface area contributed by atoms with Gasteiger partial charge in [0.15, 0.2) is 0 Å². The van der Waals surface area contributed by atoms with Crippen LogP contribution in [0, 0.1) is 0 Å². The van der Waals surface area contributed by atoms with Gasteiger partial charge in [-0.1, -0.05) is 66.0 Å². The highest BCUT2D eigenvalue weighted by molar-refractivity contribution is 6.34. The molecule has 3 aromatic rings. The number of rotatable bonds is 4. The molecule has 0 atom stereocenters. The number of ether oxygens (including phenoxy) is 1. The van der Waals surface area contributed by atoms with Crippen LogP contribution in [0.4, 0.5) is 4.79 Å². The summed E-state index contributed by atoms with van der Waals surface area (Å²) < 4.78 is 5.40. The van der Waals surface area contributed by atoms with Gasteiger partial charge in [-0.2, -0.15) is 0 Å². The first kappa shape index (κ1) is 20.6. The van der Waals surface area contributed by atoms with Crippen LogP contribution in [0.1, 0.15) is 19.3 Å². The number of carbonyl (C=O) groups is 1. The second-order valence-corrected chi connectivity index (χ2v) is 7.73. The van der Waals surface area contributed by atoms with Gasteiger partial charge in [-0.15, -0.1) is 0 Å². The summed E-state index contributed by atoms with van der Waals surface area (Å²) in [4.78, 5) is 21.4. The molecule has 1 saturated heterocycles. The average molecular weight is 443 g/mol. The van der Waals surface area contributed by atoms with Crippen LogP contribution in [0.15, 0.2) is 54.7 Å². The van der Waals surface area contributed by atoms with Crippen LogP contribution in [0.3, 0.4) is 0 Å². The minimum absolute atomic E-state index is 0.0789. The first-order valence-corrected chi connectivity index (χ1v) is 10.5. The largest absolute Gasteiger partial charge is 0.428 e. The number of hydrogen-bond acceptors (Lipinski definition) is 5. The summed E-state index contributed by atoms with van der Waals surface area (Å²) >= 11 is 12.8. The number of hydrogen-bond donors (Lipinski definition) is 1. The van der Waals surface area contributed by atoms with Gasteiger partial charge in [0.2, 0.25) is 5.88 Å². The van der Waals surface area contributed by atoms with E-state index in [0.29, 0.717) is 32.6 Å². The molecule has 0 radical (unpaired) electrons. The van der Waals surface area contributed by atoms with Gasteiger partial charge in [0.1, 0.15) is 5.69 Å². The Morgan fingerprint density at radius 1 is 0.900 bits per heavy atom. The molecule has 154 valence electrons. The molecule has 2 heterocycles. The van der Waals surface area contributed by atoms with Crippen molar-refractivity contribution in [3.05, 3.63) is 64.8 Å². The average Bonchev–Trinajstić information content (AvgIpc) is 2.75. The van der Waals surface area contributed by atoms with Gasteiger partial charge in [-0.05, 0) is 25.0 Å². The molecule has 0 spiro atoms. The third-order valence-electron chi connectivity index (χ3n) is 4.81. The molecule has 0 saturated carbocycles. The summed E-state index contributed by atoms with van der Waals surface area (Å²) in [5.74, 6) is 0.0789. The highest BCUT2D eigenvalue weighted by Gasteiger charge is 2.19. The van der Waals surface area contributed by atoms with Crippen molar-refractivity contribution >= 4 is 29.3 Å². The molecule has 8 heteroatoms. The van der Waals surface area contributed by atoms with Crippen molar-refractivity contribution in [3.8, 4) is 28.4 Å². The first-order chi connectivity index (χ1) is 14.6. The number of aromatic nitrogens is 2. The Bertz CT molecular complexity index is 1050. The molecular weight excluding hydrogens is 423 g/mol. The van der Waals surface area contributed by atoms with Crippen LogP contribution in [-0.2, 0) is 0 Å². The lowest BCUT2D eigenvalue weighted by atomic mass is 10.0. The van der Waals surface area contributed by atoms with E-state index in [1.54, 1.807) is 12.1 Å². The number of hydrazine groups is 1. The summed E-state index contributed by atoms with van der Waals surface area (Å²) in [6, 6.07) is 14.7. The molecular formula is C22H20Cl2N4O2. The molecule has 1 N–H and O–H groups in total. The summed E-state index contributed by atoms with van der Waals surface area (Å²) in [6.45, 7) is 1.61. The van der Waals surface area contributed by atoms with E-state index in [0.717, 1.165) is 25.9 Å². The normalized spacial score (nSPS) is 14.3. The van der Waals surface area contributed by atoms with Crippen molar-refractivity contribution in [2.75, 3.05) is 13.1 Å². The number of benzene rings is 2. The fourth-order valence-electron chi connectivity index (χ4n) is 3.37. The smallest absolute Gasteiger partial charge is 0.389 e. The second kappa shape index (κ2) is 9.43. The highest BCUT2D eigenvalue weighted by atomic mass is 35.5. The van der Waals surface area contributed by atoms with E-state index < -0.39 is 6.09 Å². The Labute approximate surface area is 184 Å². The van der Waals surface area contributed by atoms with Gasteiger partial charge in [-0.3, -0.25) is 5.43 Å².